The maximum absolute atomic E-state index is 13.2. The molecule has 1 saturated heterocycles. The van der Waals surface area contributed by atoms with Crippen LogP contribution in [0, 0.1) is 0 Å². The van der Waals surface area contributed by atoms with Crippen LogP contribution in [0.1, 0.15) is 21.5 Å². The fourth-order valence-electron chi connectivity index (χ4n) is 3.19. The molecule has 0 unspecified atom stereocenters. The van der Waals surface area contributed by atoms with Gasteiger partial charge in [0.15, 0.2) is 5.17 Å². The summed E-state index contributed by atoms with van der Waals surface area (Å²) in [6, 6.07) is 13.7. The van der Waals surface area contributed by atoms with Crippen molar-refractivity contribution >= 4 is 40.4 Å². The molecule has 0 aliphatic carbocycles. The zero-order valence-corrected chi connectivity index (χ0v) is 19.6. The van der Waals surface area contributed by atoms with E-state index in [2.05, 4.69) is 25.0 Å². The number of rotatable bonds is 7. The summed E-state index contributed by atoms with van der Waals surface area (Å²) in [5.41, 5.74) is 2.59. The summed E-state index contributed by atoms with van der Waals surface area (Å²) >= 11 is 1.14. The number of esters is 1. The molecule has 2 amide bonds. The lowest BCUT2D eigenvalue weighted by Gasteiger charge is -2.15. The van der Waals surface area contributed by atoms with E-state index in [0.717, 1.165) is 22.9 Å². The zero-order chi connectivity index (χ0) is 24.6. The van der Waals surface area contributed by atoms with Crippen molar-refractivity contribution in [1.29, 1.82) is 0 Å². The molecule has 4 rings (SSSR count). The summed E-state index contributed by atoms with van der Waals surface area (Å²) in [5, 5.41) is 3.19. The van der Waals surface area contributed by atoms with Gasteiger partial charge in [-0.3, -0.25) is 29.4 Å². The van der Waals surface area contributed by atoms with Gasteiger partial charge in [0, 0.05) is 36.6 Å². The molecule has 0 radical (unpaired) electrons. The average molecular weight is 488 g/mol. The third-order valence-corrected chi connectivity index (χ3v) is 5.95. The van der Waals surface area contributed by atoms with Gasteiger partial charge in [-0.2, -0.15) is 0 Å². The van der Waals surface area contributed by atoms with E-state index >= 15 is 0 Å². The highest BCUT2D eigenvalue weighted by Crippen LogP contribution is 2.32. The van der Waals surface area contributed by atoms with E-state index in [1.807, 2.05) is 18.2 Å². The number of thioether (sulfide) groups is 1. The Morgan fingerprint density at radius 3 is 2.37 bits per heavy atom. The number of pyridine rings is 2. The number of amidine groups is 1. The number of carbonyl (C=O) groups is 3. The van der Waals surface area contributed by atoms with E-state index in [0.29, 0.717) is 23.0 Å². The highest BCUT2D eigenvalue weighted by Gasteiger charge is 2.34. The summed E-state index contributed by atoms with van der Waals surface area (Å²) in [4.78, 5) is 51.9. The van der Waals surface area contributed by atoms with Crippen molar-refractivity contribution in [3.05, 3.63) is 101 Å². The van der Waals surface area contributed by atoms with Crippen LogP contribution in [0.4, 0.5) is 5.69 Å². The number of aromatic nitrogens is 2. The van der Waals surface area contributed by atoms with Crippen molar-refractivity contribution in [3.8, 4) is 0 Å². The third kappa shape index (κ3) is 6.18. The number of benzene rings is 1. The first-order chi connectivity index (χ1) is 17.0. The van der Waals surface area contributed by atoms with Crippen molar-refractivity contribution in [3.63, 3.8) is 0 Å². The molecule has 0 spiro atoms. The van der Waals surface area contributed by atoms with Gasteiger partial charge in [0.05, 0.1) is 30.7 Å². The van der Waals surface area contributed by atoms with Gasteiger partial charge >= 0.3 is 5.97 Å². The second kappa shape index (κ2) is 11.2. The van der Waals surface area contributed by atoms with Crippen molar-refractivity contribution in [1.82, 2.24) is 14.9 Å². The molecular formula is C25H21N5O4S. The Morgan fingerprint density at radius 1 is 1.06 bits per heavy atom. The Kier molecular flexibility index (Phi) is 7.63. The maximum atomic E-state index is 13.2. The van der Waals surface area contributed by atoms with Crippen molar-refractivity contribution in [2.24, 2.45) is 4.99 Å². The first kappa shape index (κ1) is 23.8. The minimum Gasteiger partial charge on any atom is -0.465 e. The zero-order valence-electron chi connectivity index (χ0n) is 18.7. The summed E-state index contributed by atoms with van der Waals surface area (Å²) in [6.45, 7) is 0.624. The second-order valence-electron chi connectivity index (χ2n) is 7.38. The molecule has 1 N–H and O–H groups in total. The van der Waals surface area contributed by atoms with Crippen molar-refractivity contribution in [2.45, 2.75) is 13.1 Å². The van der Waals surface area contributed by atoms with Gasteiger partial charge in [-0.15, -0.1) is 0 Å². The number of aliphatic imine (C=N–C) groups is 1. The van der Waals surface area contributed by atoms with Gasteiger partial charge in [-0.1, -0.05) is 12.1 Å². The summed E-state index contributed by atoms with van der Waals surface area (Å²) in [6.07, 6.45) is 8.00. The van der Waals surface area contributed by atoms with E-state index in [1.54, 1.807) is 55.1 Å². The van der Waals surface area contributed by atoms with E-state index in [1.165, 1.54) is 18.1 Å². The SMILES string of the molecule is COC(=O)c1ccc(NC(=O)/C=C2\SC(=NCc3cccnc3)N(Cc3cccnc3)C2=O)cc1. The molecule has 0 bridgehead atoms. The van der Waals surface area contributed by atoms with Crippen LogP contribution in [0.2, 0.25) is 0 Å². The number of hydrogen-bond acceptors (Lipinski definition) is 8. The molecule has 2 aromatic heterocycles. The maximum Gasteiger partial charge on any atom is 0.337 e. The number of anilines is 1. The fraction of sp³-hybridized carbons (Fsp3) is 0.120. The Morgan fingerprint density at radius 2 is 1.74 bits per heavy atom. The smallest absolute Gasteiger partial charge is 0.337 e. The first-order valence-electron chi connectivity index (χ1n) is 10.6. The highest BCUT2D eigenvalue weighted by atomic mass is 32.2. The molecule has 3 heterocycles. The number of amides is 2. The molecule has 10 heteroatoms. The van der Waals surface area contributed by atoms with Gasteiger partial charge < -0.3 is 10.1 Å². The number of nitrogens with zero attached hydrogens (tertiary/aromatic N) is 4. The average Bonchev–Trinajstić information content (AvgIpc) is 3.17. The fourth-order valence-corrected chi connectivity index (χ4v) is 4.14. The number of methoxy groups -OCH3 is 1. The quantitative estimate of drug-likeness (QED) is 0.401. The largest absolute Gasteiger partial charge is 0.465 e. The van der Waals surface area contributed by atoms with Gasteiger partial charge in [-0.25, -0.2) is 4.79 Å². The van der Waals surface area contributed by atoms with Gasteiger partial charge in [-0.05, 0) is 59.3 Å². The third-order valence-electron chi connectivity index (χ3n) is 4.91. The van der Waals surface area contributed by atoms with Crippen LogP contribution >= 0.6 is 11.8 Å². The van der Waals surface area contributed by atoms with E-state index in [4.69, 9.17) is 0 Å². The lowest BCUT2D eigenvalue weighted by molar-refractivity contribution is -0.123. The molecule has 1 aliphatic heterocycles. The minimum atomic E-state index is -0.471. The van der Waals surface area contributed by atoms with Crippen LogP contribution in [0.5, 0.6) is 0 Å². The standard InChI is InChI=1S/C25H21N5O4S/c1-34-24(33)19-6-8-20(9-7-19)29-22(31)12-21-23(32)30(16-18-5-3-11-27-14-18)25(35-21)28-15-17-4-2-10-26-13-17/h2-14H,15-16H2,1H3,(H,29,31)/b21-12-,28-25?. The monoisotopic (exact) mass is 487 g/mol. The van der Waals surface area contributed by atoms with Crippen LogP contribution < -0.4 is 5.32 Å². The lowest BCUT2D eigenvalue weighted by atomic mass is 10.2. The number of ether oxygens (including phenoxy) is 1. The van der Waals surface area contributed by atoms with Crippen molar-refractivity contribution in [2.75, 3.05) is 12.4 Å². The molecule has 1 fully saturated rings. The molecule has 0 saturated carbocycles. The van der Waals surface area contributed by atoms with Crippen LogP contribution in [0.25, 0.3) is 0 Å². The topological polar surface area (TPSA) is 114 Å². The van der Waals surface area contributed by atoms with Gasteiger partial charge in [0.2, 0.25) is 5.91 Å². The number of hydrogen-bond donors (Lipinski definition) is 1. The van der Waals surface area contributed by atoms with E-state index in [9.17, 15) is 14.4 Å². The van der Waals surface area contributed by atoms with Crippen molar-refractivity contribution < 1.29 is 19.1 Å². The second-order valence-corrected chi connectivity index (χ2v) is 8.39. The number of carbonyl (C=O) groups excluding carboxylic acids is 3. The molecule has 0 atom stereocenters. The predicted octanol–water partition coefficient (Wildman–Crippen LogP) is 3.42. The minimum absolute atomic E-state index is 0.252. The van der Waals surface area contributed by atoms with Gasteiger partial charge in [0.1, 0.15) is 0 Å². The molecule has 1 aliphatic rings. The van der Waals surface area contributed by atoms with Crippen LogP contribution in [-0.4, -0.2) is 44.9 Å². The molecule has 35 heavy (non-hydrogen) atoms. The highest BCUT2D eigenvalue weighted by molar-refractivity contribution is 8.18. The Hall–Kier alpha value is -4.31. The first-order valence-corrected chi connectivity index (χ1v) is 11.4. The molecule has 1 aromatic carbocycles. The van der Waals surface area contributed by atoms with Crippen LogP contribution in [0.15, 0.2) is 89.3 Å². The van der Waals surface area contributed by atoms with E-state index in [-0.39, 0.29) is 17.4 Å². The Bertz CT molecular complexity index is 1280. The predicted molar refractivity (Wildman–Crippen MR) is 132 cm³/mol. The van der Waals surface area contributed by atoms with Gasteiger partial charge in [0.25, 0.3) is 5.91 Å². The van der Waals surface area contributed by atoms with Crippen LogP contribution in [0.3, 0.4) is 0 Å². The molecule has 176 valence electrons. The Labute approximate surface area is 206 Å². The molecule has 3 aromatic rings. The number of nitrogens with one attached hydrogen (secondary N) is 1. The van der Waals surface area contributed by atoms with E-state index < -0.39 is 11.9 Å². The summed E-state index contributed by atoms with van der Waals surface area (Å²) < 4.78 is 4.67. The molecular weight excluding hydrogens is 466 g/mol. The summed E-state index contributed by atoms with van der Waals surface area (Å²) in [7, 11) is 1.30. The van der Waals surface area contributed by atoms with Crippen LogP contribution in [-0.2, 0) is 27.4 Å². The lowest BCUT2D eigenvalue weighted by Crippen LogP contribution is -2.29. The summed E-state index contributed by atoms with van der Waals surface area (Å²) in [5.74, 6) is -1.26. The normalized spacial score (nSPS) is 15.5. The molecule has 9 nitrogen and oxygen atoms in total. The Balaban J connectivity index is 1.52.